The fourth-order valence-corrected chi connectivity index (χ4v) is 4.31. The minimum Gasteiger partial charge on any atom is -0.466 e. The van der Waals surface area contributed by atoms with Crippen LogP contribution in [0.5, 0.6) is 0 Å². The molecule has 0 aromatic carbocycles. The van der Waals surface area contributed by atoms with E-state index in [9.17, 15) is 9.59 Å². The van der Waals surface area contributed by atoms with Gasteiger partial charge in [-0.05, 0) is 18.4 Å². The number of carbonyl (C=O) groups excluding carboxylic acids is 2. The van der Waals surface area contributed by atoms with Crippen LogP contribution in [0, 0.1) is 0 Å². The summed E-state index contributed by atoms with van der Waals surface area (Å²) in [5.74, 6) is 0.295. The smallest absolute Gasteiger partial charge is 0.338 e. The number of methoxy groups -OCH3 is 1. The van der Waals surface area contributed by atoms with Crippen LogP contribution in [0.4, 0.5) is 0 Å². The second-order valence-electron chi connectivity index (χ2n) is 4.67. The molecule has 1 amide bonds. The van der Waals surface area contributed by atoms with Gasteiger partial charge in [-0.15, -0.1) is 11.3 Å². The summed E-state index contributed by atoms with van der Waals surface area (Å²) in [6.45, 7) is 1.79. The van der Waals surface area contributed by atoms with E-state index >= 15 is 0 Å². The van der Waals surface area contributed by atoms with Gasteiger partial charge in [-0.3, -0.25) is 9.69 Å². The summed E-state index contributed by atoms with van der Waals surface area (Å²) >= 11 is 3.07. The first-order valence-corrected chi connectivity index (χ1v) is 8.36. The predicted octanol–water partition coefficient (Wildman–Crippen LogP) is 2.57. The van der Waals surface area contributed by atoms with Gasteiger partial charge in [0.15, 0.2) is 5.17 Å². The monoisotopic (exact) mass is 322 g/mol. The van der Waals surface area contributed by atoms with Crippen molar-refractivity contribution in [1.29, 1.82) is 0 Å². The summed E-state index contributed by atoms with van der Waals surface area (Å²) in [5.41, 5.74) is 1.06. The van der Waals surface area contributed by atoms with Crippen LogP contribution in [0.15, 0.2) is 33.8 Å². The average molecular weight is 322 g/mol. The number of amidine groups is 1. The number of thiophene rings is 1. The summed E-state index contributed by atoms with van der Waals surface area (Å²) in [4.78, 5) is 31.5. The SMILES string of the molecule is COC(=O)C1=C(C)N=C2SCCC(=O)N2[C@H]1c1cccs1. The lowest BCUT2D eigenvalue weighted by atomic mass is 10.00. The molecule has 2 aliphatic heterocycles. The summed E-state index contributed by atoms with van der Waals surface area (Å²) in [6, 6.07) is 3.42. The number of nitrogens with zero attached hydrogens (tertiary/aromatic N) is 2. The van der Waals surface area contributed by atoms with Gasteiger partial charge in [0.05, 0.1) is 18.4 Å². The van der Waals surface area contributed by atoms with Crippen molar-refractivity contribution in [3.05, 3.63) is 33.7 Å². The summed E-state index contributed by atoms with van der Waals surface area (Å²) in [6.07, 6.45) is 0.457. The van der Waals surface area contributed by atoms with E-state index in [0.717, 1.165) is 10.6 Å². The maximum Gasteiger partial charge on any atom is 0.338 e. The highest BCUT2D eigenvalue weighted by Gasteiger charge is 2.41. The third-order valence-corrected chi connectivity index (χ3v) is 5.30. The number of aliphatic imine (C=N–C) groups is 1. The molecule has 0 N–H and O–H groups in total. The standard InChI is InChI=1S/C14H14N2O3S2/c1-8-11(13(18)19-2)12(9-4-3-6-20-9)16-10(17)5-7-21-14(16)15-8/h3-4,6,12H,5,7H2,1-2H3/t12-/m0/s1. The van der Waals surface area contributed by atoms with Gasteiger partial charge in [0.1, 0.15) is 6.04 Å². The van der Waals surface area contributed by atoms with Gasteiger partial charge in [-0.2, -0.15) is 0 Å². The van der Waals surface area contributed by atoms with E-state index in [1.807, 2.05) is 17.5 Å². The zero-order chi connectivity index (χ0) is 15.0. The Labute approximate surface area is 130 Å². The largest absolute Gasteiger partial charge is 0.466 e. The summed E-state index contributed by atoms with van der Waals surface area (Å²) in [5, 5.41) is 2.61. The van der Waals surface area contributed by atoms with Crippen LogP contribution in [0.3, 0.4) is 0 Å². The first-order chi connectivity index (χ1) is 10.1. The third-order valence-electron chi connectivity index (χ3n) is 3.42. The quantitative estimate of drug-likeness (QED) is 0.785. The van der Waals surface area contributed by atoms with Crippen molar-refractivity contribution in [3.8, 4) is 0 Å². The zero-order valence-electron chi connectivity index (χ0n) is 11.7. The van der Waals surface area contributed by atoms with Crippen molar-refractivity contribution in [2.24, 2.45) is 4.99 Å². The lowest BCUT2D eigenvalue weighted by Crippen LogP contribution is -2.45. The third kappa shape index (κ3) is 2.40. The Morgan fingerprint density at radius 2 is 2.33 bits per heavy atom. The Hall–Kier alpha value is -1.60. The maximum atomic E-state index is 12.4. The van der Waals surface area contributed by atoms with E-state index in [2.05, 4.69) is 4.99 Å². The normalized spacial score (nSPS) is 22.0. The minimum absolute atomic E-state index is 0.000182. The lowest BCUT2D eigenvalue weighted by Gasteiger charge is -2.38. The van der Waals surface area contributed by atoms with Crippen LogP contribution in [-0.4, -0.2) is 34.8 Å². The topological polar surface area (TPSA) is 59.0 Å². The molecule has 5 nitrogen and oxygen atoms in total. The van der Waals surface area contributed by atoms with Crippen LogP contribution in [-0.2, 0) is 14.3 Å². The van der Waals surface area contributed by atoms with Gasteiger partial charge in [0.2, 0.25) is 5.91 Å². The number of carbonyl (C=O) groups is 2. The molecule has 3 rings (SSSR count). The number of amides is 1. The molecule has 2 aliphatic rings. The van der Waals surface area contributed by atoms with Crippen LogP contribution in [0.1, 0.15) is 24.3 Å². The molecule has 1 saturated heterocycles. The number of fused-ring (bicyclic) bond motifs is 1. The highest BCUT2D eigenvalue weighted by molar-refractivity contribution is 8.14. The van der Waals surface area contributed by atoms with Crippen molar-refractivity contribution in [1.82, 2.24) is 4.90 Å². The van der Waals surface area contributed by atoms with E-state index in [0.29, 0.717) is 22.9 Å². The Bertz CT molecular complexity index is 649. The van der Waals surface area contributed by atoms with E-state index in [-0.39, 0.29) is 5.91 Å². The molecule has 1 aromatic rings. The Kier molecular flexibility index (Phi) is 3.86. The molecule has 21 heavy (non-hydrogen) atoms. The summed E-state index contributed by atoms with van der Waals surface area (Å²) in [7, 11) is 1.35. The first kappa shape index (κ1) is 14.3. The van der Waals surface area contributed by atoms with Crippen molar-refractivity contribution < 1.29 is 14.3 Å². The molecule has 3 heterocycles. The van der Waals surface area contributed by atoms with Crippen molar-refractivity contribution in [3.63, 3.8) is 0 Å². The van der Waals surface area contributed by atoms with E-state index in [1.54, 1.807) is 23.6 Å². The Balaban J connectivity index is 2.16. The maximum absolute atomic E-state index is 12.4. The van der Waals surface area contributed by atoms with E-state index in [1.165, 1.54) is 18.4 Å². The second kappa shape index (κ2) is 5.65. The van der Waals surface area contributed by atoms with Crippen molar-refractivity contribution in [2.45, 2.75) is 19.4 Å². The van der Waals surface area contributed by atoms with E-state index in [4.69, 9.17) is 4.74 Å². The number of esters is 1. The molecule has 0 bridgehead atoms. The molecule has 0 radical (unpaired) electrons. The fraction of sp³-hybridized carbons (Fsp3) is 0.357. The van der Waals surface area contributed by atoms with Crippen LogP contribution >= 0.6 is 23.1 Å². The van der Waals surface area contributed by atoms with Crippen molar-refractivity contribution in [2.75, 3.05) is 12.9 Å². The lowest BCUT2D eigenvalue weighted by molar-refractivity contribution is -0.137. The molecule has 1 fully saturated rings. The number of thioether (sulfide) groups is 1. The summed E-state index contributed by atoms with van der Waals surface area (Å²) < 4.78 is 4.90. The second-order valence-corrected chi connectivity index (χ2v) is 6.71. The van der Waals surface area contributed by atoms with Gasteiger partial charge in [-0.25, -0.2) is 9.79 Å². The zero-order valence-corrected chi connectivity index (χ0v) is 13.3. The van der Waals surface area contributed by atoms with Gasteiger partial charge in [0, 0.05) is 17.1 Å². The highest BCUT2D eigenvalue weighted by atomic mass is 32.2. The molecular weight excluding hydrogens is 308 g/mol. The number of ether oxygens (including phenoxy) is 1. The molecular formula is C14H14N2O3S2. The van der Waals surface area contributed by atoms with Gasteiger partial charge >= 0.3 is 5.97 Å². The molecule has 1 aromatic heterocycles. The van der Waals surface area contributed by atoms with Crippen LogP contribution in [0.2, 0.25) is 0 Å². The Morgan fingerprint density at radius 1 is 1.52 bits per heavy atom. The highest BCUT2D eigenvalue weighted by Crippen LogP contribution is 2.41. The molecule has 0 aliphatic carbocycles. The van der Waals surface area contributed by atoms with Gasteiger partial charge in [-0.1, -0.05) is 17.8 Å². The molecule has 7 heteroatoms. The molecule has 0 saturated carbocycles. The molecule has 0 unspecified atom stereocenters. The minimum atomic E-state index is -0.433. The fourth-order valence-electron chi connectivity index (χ4n) is 2.48. The number of allylic oxidation sites excluding steroid dienone is 1. The predicted molar refractivity (Wildman–Crippen MR) is 83.1 cm³/mol. The van der Waals surface area contributed by atoms with Crippen LogP contribution in [0.25, 0.3) is 0 Å². The van der Waals surface area contributed by atoms with Gasteiger partial charge < -0.3 is 4.74 Å². The first-order valence-electron chi connectivity index (χ1n) is 6.49. The number of hydrogen-bond acceptors (Lipinski definition) is 6. The number of rotatable bonds is 2. The van der Waals surface area contributed by atoms with E-state index < -0.39 is 12.0 Å². The molecule has 0 spiro atoms. The Morgan fingerprint density at radius 3 is 3.00 bits per heavy atom. The average Bonchev–Trinajstić information content (AvgIpc) is 2.99. The number of hydrogen-bond donors (Lipinski definition) is 0. The van der Waals surface area contributed by atoms with Crippen LogP contribution < -0.4 is 0 Å². The van der Waals surface area contributed by atoms with Gasteiger partial charge in [0.25, 0.3) is 0 Å². The molecule has 1 atom stereocenters. The van der Waals surface area contributed by atoms with Crippen molar-refractivity contribution >= 4 is 40.1 Å². The molecule has 110 valence electrons.